The predicted molar refractivity (Wildman–Crippen MR) is 136 cm³/mol. The van der Waals surface area contributed by atoms with Crippen molar-refractivity contribution in [3.05, 3.63) is 91.4 Å². The zero-order valence-corrected chi connectivity index (χ0v) is 20.3. The van der Waals surface area contributed by atoms with Crippen LogP contribution in [0, 0.1) is 3.57 Å². The number of rotatable bonds is 0. The Morgan fingerprint density at radius 1 is 0.552 bits per heavy atom. The predicted octanol–water partition coefficient (Wildman–Crippen LogP) is 9.30. The van der Waals surface area contributed by atoms with Crippen molar-refractivity contribution in [3.8, 4) is 0 Å². The quantitative estimate of drug-likeness (QED) is 0.158. The molecule has 0 amide bonds. The van der Waals surface area contributed by atoms with Crippen LogP contribution in [0.5, 0.6) is 0 Å². The molecule has 2 heterocycles. The van der Waals surface area contributed by atoms with Gasteiger partial charge in [-0.25, -0.2) is 0 Å². The van der Waals surface area contributed by atoms with E-state index in [0.717, 1.165) is 42.0 Å². The number of benzene rings is 4. The minimum Gasteiger partial charge on any atom is -0.455 e. The van der Waals surface area contributed by atoms with Crippen molar-refractivity contribution in [1.82, 2.24) is 0 Å². The number of hydrogen-bond donors (Lipinski definition) is 0. The standard InChI is InChI=1S/C12H6BrIO.C12H7BrO/c13-10-3-1-2-8-9-6-7(14)4-5-11(9)15-12(8)10;13-10-6-3-5-9-8-4-1-2-7-11(8)14-12(9)10/h1-6H;1-7H. The maximum absolute atomic E-state index is 5.79. The Balaban J connectivity index is 0.000000125. The molecule has 2 nitrogen and oxygen atoms in total. The third-order valence-corrected chi connectivity index (χ3v) is 6.69. The second-order valence-corrected chi connectivity index (χ2v) is 9.53. The Labute approximate surface area is 197 Å². The average Bonchev–Trinajstić information content (AvgIpc) is 3.29. The molecule has 6 aromatic rings. The first-order valence-electron chi connectivity index (χ1n) is 8.94. The summed E-state index contributed by atoms with van der Waals surface area (Å²) in [4.78, 5) is 0. The highest BCUT2D eigenvalue weighted by Crippen LogP contribution is 2.34. The van der Waals surface area contributed by atoms with Gasteiger partial charge in [0.25, 0.3) is 0 Å². The van der Waals surface area contributed by atoms with Crippen LogP contribution in [-0.2, 0) is 0 Å². The van der Waals surface area contributed by atoms with Crippen LogP contribution in [-0.4, -0.2) is 0 Å². The van der Waals surface area contributed by atoms with E-state index in [0.29, 0.717) is 0 Å². The molecule has 0 aliphatic carbocycles. The zero-order valence-electron chi connectivity index (χ0n) is 15.0. The monoisotopic (exact) mass is 618 g/mol. The minimum atomic E-state index is 0.925. The van der Waals surface area contributed by atoms with Crippen LogP contribution in [0.1, 0.15) is 0 Å². The lowest BCUT2D eigenvalue weighted by Gasteiger charge is -1.91. The fraction of sp³-hybridized carbons (Fsp3) is 0. The van der Waals surface area contributed by atoms with Gasteiger partial charge >= 0.3 is 0 Å². The summed E-state index contributed by atoms with van der Waals surface area (Å²) < 4.78 is 14.8. The molecule has 0 spiro atoms. The van der Waals surface area contributed by atoms with E-state index >= 15 is 0 Å². The second-order valence-electron chi connectivity index (χ2n) is 6.57. The summed E-state index contributed by atoms with van der Waals surface area (Å²) in [6.45, 7) is 0. The van der Waals surface area contributed by atoms with Crippen molar-refractivity contribution in [3.63, 3.8) is 0 Å². The lowest BCUT2D eigenvalue weighted by atomic mass is 10.2. The van der Waals surface area contributed by atoms with Crippen molar-refractivity contribution in [2.75, 3.05) is 0 Å². The molecule has 0 aliphatic heterocycles. The van der Waals surface area contributed by atoms with E-state index in [4.69, 9.17) is 8.83 Å². The molecule has 0 atom stereocenters. The first-order valence-corrected chi connectivity index (χ1v) is 11.6. The molecule has 0 bridgehead atoms. The maximum atomic E-state index is 5.79. The summed E-state index contributed by atoms with van der Waals surface area (Å²) in [5, 5.41) is 4.68. The molecule has 0 fully saturated rings. The van der Waals surface area contributed by atoms with Crippen molar-refractivity contribution >= 4 is 98.3 Å². The molecule has 0 saturated carbocycles. The molecule has 0 saturated heterocycles. The topological polar surface area (TPSA) is 26.3 Å². The molecule has 29 heavy (non-hydrogen) atoms. The summed E-state index contributed by atoms with van der Waals surface area (Å²) in [5.74, 6) is 0. The molecule has 0 unspecified atom stereocenters. The number of hydrogen-bond acceptors (Lipinski definition) is 2. The largest absolute Gasteiger partial charge is 0.455 e. The fourth-order valence-electron chi connectivity index (χ4n) is 3.45. The highest BCUT2D eigenvalue weighted by atomic mass is 127. The van der Waals surface area contributed by atoms with Gasteiger partial charge in [-0.3, -0.25) is 0 Å². The molecule has 0 radical (unpaired) electrons. The lowest BCUT2D eigenvalue weighted by Crippen LogP contribution is -1.69. The van der Waals surface area contributed by atoms with Gasteiger partial charge in [-0.15, -0.1) is 0 Å². The van der Waals surface area contributed by atoms with Crippen LogP contribution in [0.3, 0.4) is 0 Å². The van der Waals surface area contributed by atoms with E-state index in [9.17, 15) is 0 Å². The molecule has 5 heteroatoms. The zero-order chi connectivity index (χ0) is 20.0. The Morgan fingerprint density at radius 2 is 1.10 bits per heavy atom. The first kappa shape index (κ1) is 19.2. The van der Waals surface area contributed by atoms with Crippen molar-refractivity contribution in [1.29, 1.82) is 0 Å². The van der Waals surface area contributed by atoms with Crippen LogP contribution in [0.15, 0.2) is 96.6 Å². The molecule has 0 aliphatic rings. The van der Waals surface area contributed by atoms with E-state index in [1.165, 1.54) is 14.3 Å². The van der Waals surface area contributed by atoms with Crippen LogP contribution in [0.4, 0.5) is 0 Å². The number of para-hydroxylation sites is 3. The first-order chi connectivity index (χ1) is 14.1. The molecule has 4 aromatic carbocycles. The molecule has 6 rings (SSSR count). The lowest BCUT2D eigenvalue weighted by molar-refractivity contribution is 0.666. The highest BCUT2D eigenvalue weighted by molar-refractivity contribution is 14.1. The van der Waals surface area contributed by atoms with Gasteiger partial charge in [-0.2, -0.15) is 0 Å². The van der Waals surface area contributed by atoms with E-state index < -0.39 is 0 Å². The summed E-state index contributed by atoms with van der Waals surface area (Å²) in [7, 11) is 0. The minimum absolute atomic E-state index is 0.925. The molecule has 2 aromatic heterocycles. The third kappa shape index (κ3) is 3.49. The van der Waals surface area contributed by atoms with Gasteiger partial charge in [0.15, 0.2) is 0 Å². The molecular formula is C24H13Br2IO2. The molecular weight excluding hydrogens is 607 g/mol. The summed E-state index contributed by atoms with van der Waals surface area (Å²) in [5.41, 5.74) is 3.73. The van der Waals surface area contributed by atoms with Crippen LogP contribution >= 0.6 is 54.5 Å². The van der Waals surface area contributed by atoms with Gasteiger partial charge in [-0.1, -0.05) is 42.5 Å². The van der Waals surface area contributed by atoms with Crippen molar-refractivity contribution < 1.29 is 8.83 Å². The van der Waals surface area contributed by atoms with Gasteiger partial charge in [0.2, 0.25) is 0 Å². The van der Waals surface area contributed by atoms with E-state index in [1.54, 1.807) is 0 Å². The van der Waals surface area contributed by atoms with Gasteiger partial charge < -0.3 is 8.83 Å². The number of halogens is 3. The Kier molecular flexibility index (Phi) is 5.14. The van der Waals surface area contributed by atoms with Gasteiger partial charge in [-0.05, 0) is 90.8 Å². The summed E-state index contributed by atoms with van der Waals surface area (Å²) in [6.07, 6.45) is 0. The van der Waals surface area contributed by atoms with E-state index in [2.05, 4.69) is 84.8 Å². The number of fused-ring (bicyclic) bond motifs is 6. The Morgan fingerprint density at radius 3 is 1.79 bits per heavy atom. The van der Waals surface area contributed by atoms with Crippen LogP contribution in [0.2, 0.25) is 0 Å². The Bertz CT molecular complexity index is 1500. The summed E-state index contributed by atoms with van der Waals surface area (Å²) >= 11 is 9.29. The smallest absolute Gasteiger partial charge is 0.149 e. The highest BCUT2D eigenvalue weighted by Gasteiger charge is 2.09. The SMILES string of the molecule is Brc1cccc2c1oc1ccc(I)cc12.Brc1cccc2c1oc1ccccc12. The van der Waals surface area contributed by atoms with E-state index in [1.807, 2.05) is 48.5 Å². The molecule has 0 N–H and O–H groups in total. The maximum Gasteiger partial charge on any atom is 0.149 e. The summed E-state index contributed by atoms with van der Waals surface area (Å²) in [6, 6.07) is 26.5. The van der Waals surface area contributed by atoms with Gasteiger partial charge in [0, 0.05) is 25.1 Å². The second kappa shape index (κ2) is 7.78. The van der Waals surface area contributed by atoms with Crippen LogP contribution in [0.25, 0.3) is 43.9 Å². The average molecular weight is 620 g/mol. The number of furan rings is 2. The fourth-order valence-corrected chi connectivity index (χ4v) is 4.83. The van der Waals surface area contributed by atoms with Gasteiger partial charge in [0.1, 0.15) is 22.3 Å². The third-order valence-electron chi connectivity index (χ3n) is 4.77. The Hall–Kier alpha value is -1.83. The van der Waals surface area contributed by atoms with Crippen LogP contribution < -0.4 is 0 Å². The normalized spacial score (nSPS) is 11.3. The molecule has 142 valence electrons. The van der Waals surface area contributed by atoms with E-state index in [-0.39, 0.29) is 0 Å². The van der Waals surface area contributed by atoms with Crippen molar-refractivity contribution in [2.24, 2.45) is 0 Å². The van der Waals surface area contributed by atoms with Gasteiger partial charge in [0.05, 0.1) is 8.95 Å². The van der Waals surface area contributed by atoms with Crippen molar-refractivity contribution in [2.45, 2.75) is 0 Å².